The van der Waals surface area contributed by atoms with Crippen LogP contribution in [-0.4, -0.2) is 74.3 Å². The summed E-state index contributed by atoms with van der Waals surface area (Å²) >= 11 is 0. The maximum Gasteiger partial charge on any atom is 0.125 e. The van der Waals surface area contributed by atoms with Gasteiger partial charge in [0, 0.05) is 33.0 Å². The fourth-order valence-corrected chi connectivity index (χ4v) is 4.56. The van der Waals surface area contributed by atoms with Crippen LogP contribution in [0.4, 0.5) is 0 Å². The summed E-state index contributed by atoms with van der Waals surface area (Å²) in [5, 5.41) is 12.3. The summed E-state index contributed by atoms with van der Waals surface area (Å²) in [6.07, 6.45) is 9.47. The monoisotopic (exact) mass is 500 g/mol. The van der Waals surface area contributed by atoms with E-state index in [0.29, 0.717) is 39.5 Å². The highest BCUT2D eigenvalue weighted by molar-refractivity contribution is 5.13. The van der Waals surface area contributed by atoms with E-state index in [9.17, 15) is 5.11 Å². The van der Waals surface area contributed by atoms with Gasteiger partial charge < -0.3 is 28.8 Å². The van der Waals surface area contributed by atoms with Gasteiger partial charge in [-0.3, -0.25) is 0 Å². The lowest BCUT2D eigenvalue weighted by molar-refractivity contribution is -0.308. The summed E-state index contributed by atoms with van der Waals surface area (Å²) in [5.41, 5.74) is -1.32. The lowest BCUT2D eigenvalue weighted by Gasteiger charge is -2.54. The standard InChI is InChI=1S/C29H56O6/c1-7-13-19-31-24-25(32-20-14-8-2)27(34-22-16-10-4)29(30,18-12-6)28(35-23-17-11-5)26(24)33-21-15-9-3/h12,24-28,30H,6-11,13-23H2,1-5H3/t24?,25?,26?,27-,28?,29?/m0/s1. The second-order valence-corrected chi connectivity index (χ2v) is 9.84. The van der Waals surface area contributed by atoms with Crippen LogP contribution >= 0.6 is 0 Å². The van der Waals surface area contributed by atoms with Crippen molar-refractivity contribution in [3.63, 3.8) is 0 Å². The molecule has 208 valence electrons. The van der Waals surface area contributed by atoms with Crippen molar-refractivity contribution in [2.24, 2.45) is 0 Å². The first-order chi connectivity index (χ1) is 17.0. The maximum atomic E-state index is 12.3. The van der Waals surface area contributed by atoms with E-state index in [-0.39, 0.29) is 6.10 Å². The molecule has 0 amide bonds. The minimum Gasteiger partial charge on any atom is -0.384 e. The molecule has 0 aromatic heterocycles. The molecule has 1 aliphatic rings. The predicted octanol–water partition coefficient (Wildman–Crippen LogP) is 6.23. The summed E-state index contributed by atoms with van der Waals surface area (Å²) in [6.45, 7) is 17.6. The smallest absolute Gasteiger partial charge is 0.125 e. The van der Waals surface area contributed by atoms with Gasteiger partial charge in [-0.1, -0.05) is 72.8 Å². The fourth-order valence-electron chi connectivity index (χ4n) is 4.56. The first kappa shape index (κ1) is 32.5. The van der Waals surface area contributed by atoms with Crippen molar-refractivity contribution in [3.05, 3.63) is 12.7 Å². The quantitative estimate of drug-likeness (QED) is 0.140. The summed E-state index contributed by atoms with van der Waals surface area (Å²) < 4.78 is 32.4. The van der Waals surface area contributed by atoms with E-state index in [4.69, 9.17) is 23.7 Å². The lowest BCUT2D eigenvalue weighted by atomic mass is 9.72. The molecule has 0 aromatic carbocycles. The van der Waals surface area contributed by atoms with Crippen LogP contribution in [-0.2, 0) is 23.7 Å². The zero-order valence-corrected chi connectivity index (χ0v) is 23.5. The molecule has 0 heterocycles. The molecule has 35 heavy (non-hydrogen) atoms. The van der Waals surface area contributed by atoms with E-state index in [1.54, 1.807) is 6.08 Å². The number of ether oxygens (including phenoxy) is 5. The normalized spacial score (nSPS) is 28.9. The van der Waals surface area contributed by atoms with Gasteiger partial charge in [0.15, 0.2) is 0 Å². The molecule has 1 aliphatic carbocycles. The van der Waals surface area contributed by atoms with Gasteiger partial charge in [0.05, 0.1) is 0 Å². The topological polar surface area (TPSA) is 66.4 Å². The second-order valence-electron chi connectivity index (χ2n) is 9.84. The molecule has 0 spiro atoms. The van der Waals surface area contributed by atoms with E-state index < -0.39 is 30.0 Å². The van der Waals surface area contributed by atoms with Gasteiger partial charge in [0.2, 0.25) is 0 Å². The number of unbranched alkanes of at least 4 members (excludes halogenated alkanes) is 5. The first-order valence-corrected chi connectivity index (χ1v) is 14.5. The Bertz CT molecular complexity index is 481. The summed E-state index contributed by atoms with van der Waals surface area (Å²) in [6, 6.07) is 0. The molecule has 1 saturated carbocycles. The van der Waals surface area contributed by atoms with Crippen LogP contribution in [0.1, 0.15) is 105 Å². The SMILES string of the molecule is C=CCC1(O)C(OCCCC)C(OCCCC)C(OCCCC)C(OCCCC)[C@@H]1OCCCC. The molecule has 0 bridgehead atoms. The third kappa shape index (κ3) is 10.4. The molecule has 0 aliphatic heterocycles. The molecule has 6 atom stereocenters. The summed E-state index contributed by atoms with van der Waals surface area (Å²) in [5.74, 6) is 0. The van der Waals surface area contributed by atoms with Crippen molar-refractivity contribution in [2.45, 2.75) is 141 Å². The highest BCUT2D eigenvalue weighted by Crippen LogP contribution is 2.41. The van der Waals surface area contributed by atoms with Gasteiger partial charge in [-0.25, -0.2) is 0 Å². The van der Waals surface area contributed by atoms with Crippen molar-refractivity contribution in [3.8, 4) is 0 Å². The van der Waals surface area contributed by atoms with E-state index in [1.165, 1.54) is 0 Å². The Morgan fingerprint density at radius 2 is 0.886 bits per heavy atom. The minimum absolute atomic E-state index is 0.337. The zero-order valence-electron chi connectivity index (χ0n) is 23.5. The Balaban J connectivity index is 3.46. The molecule has 1 N–H and O–H groups in total. The number of rotatable bonds is 22. The molecule has 0 aromatic rings. The average molecular weight is 501 g/mol. The Kier molecular flexibility index (Phi) is 18.2. The third-order valence-corrected chi connectivity index (χ3v) is 6.72. The van der Waals surface area contributed by atoms with Crippen LogP contribution < -0.4 is 0 Å². The number of hydrogen-bond acceptors (Lipinski definition) is 6. The summed E-state index contributed by atoms with van der Waals surface area (Å²) in [7, 11) is 0. The van der Waals surface area contributed by atoms with E-state index in [2.05, 4.69) is 41.2 Å². The van der Waals surface area contributed by atoms with Crippen LogP contribution in [0.15, 0.2) is 12.7 Å². The number of aliphatic hydroxyl groups is 1. The zero-order chi connectivity index (χ0) is 25.9. The molecule has 0 radical (unpaired) electrons. The van der Waals surface area contributed by atoms with Crippen molar-refractivity contribution in [1.29, 1.82) is 0 Å². The van der Waals surface area contributed by atoms with Gasteiger partial charge in [-0.2, -0.15) is 0 Å². The van der Waals surface area contributed by atoms with Crippen molar-refractivity contribution in [2.75, 3.05) is 33.0 Å². The molecule has 1 rings (SSSR count). The van der Waals surface area contributed by atoms with Crippen LogP contribution in [0.5, 0.6) is 0 Å². The largest absolute Gasteiger partial charge is 0.384 e. The van der Waals surface area contributed by atoms with Gasteiger partial charge in [-0.05, 0) is 38.5 Å². The fraction of sp³-hybridized carbons (Fsp3) is 0.931. The van der Waals surface area contributed by atoms with Gasteiger partial charge in [-0.15, -0.1) is 6.58 Å². The Labute approximate surface area is 216 Å². The lowest BCUT2D eigenvalue weighted by Crippen LogP contribution is -2.73. The second kappa shape index (κ2) is 19.6. The van der Waals surface area contributed by atoms with Gasteiger partial charge in [0.25, 0.3) is 0 Å². The molecule has 5 unspecified atom stereocenters. The third-order valence-electron chi connectivity index (χ3n) is 6.72. The molecular formula is C29H56O6. The van der Waals surface area contributed by atoms with Crippen LogP contribution in [0.2, 0.25) is 0 Å². The first-order valence-electron chi connectivity index (χ1n) is 14.5. The van der Waals surface area contributed by atoms with Crippen molar-refractivity contribution < 1.29 is 28.8 Å². The van der Waals surface area contributed by atoms with Gasteiger partial charge >= 0.3 is 0 Å². The Morgan fingerprint density at radius 1 is 0.571 bits per heavy atom. The van der Waals surface area contributed by atoms with Gasteiger partial charge in [0.1, 0.15) is 36.1 Å². The van der Waals surface area contributed by atoms with Crippen molar-refractivity contribution >= 4 is 0 Å². The van der Waals surface area contributed by atoms with Crippen LogP contribution in [0, 0.1) is 0 Å². The predicted molar refractivity (Wildman–Crippen MR) is 143 cm³/mol. The number of hydrogen-bond donors (Lipinski definition) is 1. The van der Waals surface area contributed by atoms with Crippen LogP contribution in [0.3, 0.4) is 0 Å². The Hall–Kier alpha value is -0.500. The highest BCUT2D eigenvalue weighted by atomic mass is 16.6. The molecule has 6 heteroatoms. The highest BCUT2D eigenvalue weighted by Gasteiger charge is 2.61. The molecule has 6 nitrogen and oxygen atoms in total. The van der Waals surface area contributed by atoms with E-state index in [0.717, 1.165) is 64.2 Å². The average Bonchev–Trinajstić information content (AvgIpc) is 2.84. The minimum atomic E-state index is -1.32. The molecule has 0 saturated heterocycles. The Morgan fingerprint density at radius 3 is 1.20 bits per heavy atom. The molecule has 1 fully saturated rings. The maximum absolute atomic E-state index is 12.3. The van der Waals surface area contributed by atoms with E-state index >= 15 is 0 Å². The molecular weight excluding hydrogens is 444 g/mol. The van der Waals surface area contributed by atoms with Crippen LogP contribution in [0.25, 0.3) is 0 Å². The summed E-state index contributed by atoms with van der Waals surface area (Å²) in [4.78, 5) is 0. The van der Waals surface area contributed by atoms with E-state index in [1.807, 2.05) is 0 Å². The van der Waals surface area contributed by atoms with Crippen molar-refractivity contribution in [1.82, 2.24) is 0 Å².